The van der Waals surface area contributed by atoms with Crippen LogP contribution in [0.4, 0.5) is 0 Å². The van der Waals surface area contributed by atoms with Crippen LogP contribution in [0.3, 0.4) is 0 Å². The van der Waals surface area contributed by atoms with E-state index in [-0.39, 0.29) is 10.9 Å². The Hall–Kier alpha value is -1.39. The van der Waals surface area contributed by atoms with Gasteiger partial charge in [0.1, 0.15) is 5.82 Å². The van der Waals surface area contributed by atoms with Crippen LogP contribution < -0.4 is 5.56 Å². The van der Waals surface area contributed by atoms with Gasteiger partial charge in [0.15, 0.2) is 0 Å². The van der Waals surface area contributed by atoms with Gasteiger partial charge in [-0.15, -0.1) is 11.6 Å². The first-order valence-corrected chi connectivity index (χ1v) is 7.85. The molecule has 5 heteroatoms. The van der Waals surface area contributed by atoms with Crippen molar-refractivity contribution in [1.82, 2.24) is 9.55 Å². The lowest BCUT2D eigenvalue weighted by Gasteiger charge is -2.18. The number of para-hydroxylation sites is 1. The largest absolute Gasteiger partial charge is 0.381 e. The van der Waals surface area contributed by atoms with Crippen molar-refractivity contribution < 1.29 is 4.74 Å². The summed E-state index contributed by atoms with van der Waals surface area (Å²) in [6.45, 7) is 4.11. The van der Waals surface area contributed by atoms with Gasteiger partial charge >= 0.3 is 0 Å². The number of alkyl halides is 1. The standard InChI is InChI=1S/C16H19ClN2O2/c1-2-13(17)15-18-14-6-4-3-5-12(14)16(20)19(15)9-11-7-8-21-10-11/h3-6,11,13H,2,7-10H2,1H3. The second-order valence-electron chi connectivity index (χ2n) is 5.51. The van der Waals surface area contributed by atoms with E-state index in [9.17, 15) is 4.79 Å². The van der Waals surface area contributed by atoms with Crippen LogP contribution in [-0.4, -0.2) is 22.8 Å². The molecule has 0 aliphatic carbocycles. The molecule has 21 heavy (non-hydrogen) atoms. The number of benzene rings is 1. The Kier molecular flexibility index (Phi) is 4.27. The molecule has 0 N–H and O–H groups in total. The summed E-state index contributed by atoms with van der Waals surface area (Å²) in [5, 5.41) is 0.407. The van der Waals surface area contributed by atoms with E-state index in [1.54, 1.807) is 4.57 Å². The Morgan fingerprint density at radius 1 is 1.48 bits per heavy atom. The average molecular weight is 307 g/mol. The van der Waals surface area contributed by atoms with Crippen molar-refractivity contribution in [3.63, 3.8) is 0 Å². The van der Waals surface area contributed by atoms with E-state index in [1.807, 2.05) is 31.2 Å². The Morgan fingerprint density at radius 2 is 2.29 bits per heavy atom. The third kappa shape index (κ3) is 2.83. The molecule has 0 spiro atoms. The van der Waals surface area contributed by atoms with Gasteiger partial charge in [0.25, 0.3) is 5.56 Å². The van der Waals surface area contributed by atoms with Crippen molar-refractivity contribution in [3.8, 4) is 0 Å². The lowest BCUT2D eigenvalue weighted by molar-refractivity contribution is 0.182. The highest BCUT2D eigenvalue weighted by Gasteiger charge is 2.22. The monoisotopic (exact) mass is 306 g/mol. The fourth-order valence-electron chi connectivity index (χ4n) is 2.77. The fourth-order valence-corrected chi connectivity index (χ4v) is 2.94. The van der Waals surface area contributed by atoms with Gasteiger partial charge in [-0.1, -0.05) is 19.1 Å². The number of fused-ring (bicyclic) bond motifs is 1. The summed E-state index contributed by atoms with van der Waals surface area (Å²) in [4.78, 5) is 17.4. The van der Waals surface area contributed by atoms with Gasteiger partial charge in [-0.3, -0.25) is 9.36 Å². The van der Waals surface area contributed by atoms with Crippen LogP contribution in [0.2, 0.25) is 0 Å². The second kappa shape index (κ2) is 6.16. The summed E-state index contributed by atoms with van der Waals surface area (Å²) in [5.41, 5.74) is 0.720. The number of halogens is 1. The Morgan fingerprint density at radius 3 is 3.00 bits per heavy atom. The van der Waals surface area contributed by atoms with Crippen molar-refractivity contribution in [1.29, 1.82) is 0 Å². The first kappa shape index (κ1) is 14.5. The molecule has 1 fully saturated rings. The topological polar surface area (TPSA) is 44.1 Å². The summed E-state index contributed by atoms with van der Waals surface area (Å²) in [7, 11) is 0. The summed E-state index contributed by atoms with van der Waals surface area (Å²) >= 11 is 6.40. The molecule has 0 saturated carbocycles. The summed E-state index contributed by atoms with van der Waals surface area (Å²) in [5.74, 6) is 1.04. The number of rotatable bonds is 4. The number of ether oxygens (including phenoxy) is 1. The summed E-state index contributed by atoms with van der Waals surface area (Å²) < 4.78 is 7.17. The predicted molar refractivity (Wildman–Crippen MR) is 83.8 cm³/mol. The minimum atomic E-state index is -0.246. The Balaban J connectivity index is 2.13. The van der Waals surface area contributed by atoms with Gasteiger partial charge in [0.2, 0.25) is 0 Å². The maximum Gasteiger partial charge on any atom is 0.261 e. The molecule has 1 aromatic heterocycles. The van der Waals surface area contributed by atoms with E-state index < -0.39 is 0 Å². The predicted octanol–water partition coefficient (Wildman–Crippen LogP) is 3.12. The minimum Gasteiger partial charge on any atom is -0.381 e. The van der Waals surface area contributed by atoms with Crippen molar-refractivity contribution in [2.45, 2.75) is 31.7 Å². The maximum absolute atomic E-state index is 12.8. The molecule has 3 rings (SSSR count). The van der Waals surface area contributed by atoms with Crippen LogP contribution in [0.5, 0.6) is 0 Å². The first-order valence-electron chi connectivity index (χ1n) is 7.42. The molecule has 2 unspecified atom stereocenters. The lowest BCUT2D eigenvalue weighted by atomic mass is 10.1. The van der Waals surface area contributed by atoms with Crippen molar-refractivity contribution in [3.05, 3.63) is 40.4 Å². The zero-order valence-corrected chi connectivity index (χ0v) is 12.8. The highest BCUT2D eigenvalue weighted by atomic mass is 35.5. The lowest BCUT2D eigenvalue weighted by Crippen LogP contribution is -2.29. The van der Waals surface area contributed by atoms with Gasteiger partial charge in [0, 0.05) is 19.1 Å². The molecule has 2 atom stereocenters. The third-order valence-corrected chi connectivity index (χ3v) is 4.50. The van der Waals surface area contributed by atoms with Gasteiger partial charge in [0.05, 0.1) is 22.9 Å². The van der Waals surface area contributed by atoms with Crippen LogP contribution in [-0.2, 0) is 11.3 Å². The van der Waals surface area contributed by atoms with E-state index in [2.05, 4.69) is 4.98 Å². The van der Waals surface area contributed by atoms with E-state index >= 15 is 0 Å². The van der Waals surface area contributed by atoms with Gasteiger partial charge in [-0.2, -0.15) is 0 Å². The molecular weight excluding hydrogens is 288 g/mol. The molecule has 4 nitrogen and oxygen atoms in total. The molecule has 2 heterocycles. The molecule has 1 aromatic carbocycles. The highest BCUT2D eigenvalue weighted by Crippen LogP contribution is 2.24. The molecule has 112 valence electrons. The Bertz CT molecular complexity index is 692. The van der Waals surface area contributed by atoms with E-state index in [0.29, 0.717) is 30.3 Å². The van der Waals surface area contributed by atoms with E-state index in [1.165, 1.54) is 0 Å². The number of aromatic nitrogens is 2. The third-order valence-electron chi connectivity index (χ3n) is 3.99. The van der Waals surface area contributed by atoms with Crippen molar-refractivity contribution in [2.24, 2.45) is 5.92 Å². The van der Waals surface area contributed by atoms with Crippen LogP contribution in [0.1, 0.15) is 31.0 Å². The SMILES string of the molecule is CCC(Cl)c1nc2ccccc2c(=O)n1CC1CCOC1. The zero-order valence-electron chi connectivity index (χ0n) is 12.1. The number of hydrogen-bond donors (Lipinski definition) is 0. The minimum absolute atomic E-state index is 0.00148. The van der Waals surface area contributed by atoms with Gasteiger partial charge in [-0.05, 0) is 25.0 Å². The molecule has 1 aliphatic heterocycles. The molecule has 2 aromatic rings. The van der Waals surface area contributed by atoms with Crippen LogP contribution >= 0.6 is 11.6 Å². The van der Waals surface area contributed by atoms with E-state index in [0.717, 1.165) is 25.0 Å². The van der Waals surface area contributed by atoms with Gasteiger partial charge < -0.3 is 4.74 Å². The van der Waals surface area contributed by atoms with Crippen LogP contribution in [0, 0.1) is 5.92 Å². The molecule has 1 aliphatic rings. The van der Waals surface area contributed by atoms with Crippen molar-refractivity contribution in [2.75, 3.05) is 13.2 Å². The highest BCUT2D eigenvalue weighted by molar-refractivity contribution is 6.20. The first-order chi connectivity index (χ1) is 10.2. The molecule has 1 saturated heterocycles. The number of nitrogens with zero attached hydrogens (tertiary/aromatic N) is 2. The smallest absolute Gasteiger partial charge is 0.261 e. The number of hydrogen-bond acceptors (Lipinski definition) is 3. The average Bonchev–Trinajstić information content (AvgIpc) is 3.02. The van der Waals surface area contributed by atoms with E-state index in [4.69, 9.17) is 16.3 Å². The molecule has 0 bridgehead atoms. The molecule has 0 radical (unpaired) electrons. The zero-order chi connectivity index (χ0) is 14.8. The van der Waals surface area contributed by atoms with Crippen LogP contribution in [0.25, 0.3) is 10.9 Å². The normalized spacial score (nSPS) is 20.0. The van der Waals surface area contributed by atoms with Crippen LogP contribution in [0.15, 0.2) is 29.1 Å². The Labute approximate surface area is 128 Å². The second-order valence-corrected chi connectivity index (χ2v) is 6.04. The van der Waals surface area contributed by atoms with Gasteiger partial charge in [-0.25, -0.2) is 4.98 Å². The van der Waals surface area contributed by atoms with Crippen molar-refractivity contribution >= 4 is 22.5 Å². The maximum atomic E-state index is 12.8. The molecular formula is C16H19ClN2O2. The fraction of sp³-hybridized carbons (Fsp3) is 0.500. The summed E-state index contributed by atoms with van der Waals surface area (Å²) in [6, 6.07) is 7.45. The quantitative estimate of drug-likeness (QED) is 0.815. The summed E-state index contributed by atoms with van der Waals surface area (Å²) in [6.07, 6.45) is 1.73. The molecule has 0 amide bonds.